The van der Waals surface area contributed by atoms with E-state index >= 15 is 0 Å². The van der Waals surface area contributed by atoms with Crippen molar-refractivity contribution in [1.82, 2.24) is 4.90 Å². The van der Waals surface area contributed by atoms with Crippen molar-refractivity contribution in [3.05, 3.63) is 59.2 Å². The Morgan fingerprint density at radius 2 is 1.85 bits per heavy atom. The van der Waals surface area contributed by atoms with Crippen LogP contribution in [0.15, 0.2) is 48.1 Å². The third kappa shape index (κ3) is 5.70. The van der Waals surface area contributed by atoms with E-state index < -0.39 is 11.8 Å². The molecule has 34 heavy (non-hydrogen) atoms. The lowest BCUT2D eigenvalue weighted by Crippen LogP contribution is -2.44. The molecule has 0 bridgehead atoms. The van der Waals surface area contributed by atoms with Crippen LogP contribution in [-0.4, -0.2) is 48.4 Å². The van der Waals surface area contributed by atoms with Gasteiger partial charge in [-0.15, -0.1) is 0 Å². The summed E-state index contributed by atoms with van der Waals surface area (Å²) < 4.78 is 44.6. The highest BCUT2D eigenvalue weighted by Crippen LogP contribution is 2.39. The molecule has 3 rings (SSSR count). The van der Waals surface area contributed by atoms with E-state index in [4.69, 9.17) is 10.00 Å². The molecule has 0 saturated heterocycles. The zero-order valence-corrected chi connectivity index (χ0v) is 19.5. The lowest BCUT2D eigenvalue weighted by molar-refractivity contribution is -0.258. The minimum Gasteiger partial charge on any atom is -0.383 e. The van der Waals surface area contributed by atoms with Crippen molar-refractivity contribution in [2.24, 2.45) is 11.8 Å². The van der Waals surface area contributed by atoms with Crippen molar-refractivity contribution >= 4 is 5.91 Å². The van der Waals surface area contributed by atoms with E-state index in [0.717, 1.165) is 44.2 Å². The summed E-state index contributed by atoms with van der Waals surface area (Å²) in [6, 6.07) is 7.19. The summed E-state index contributed by atoms with van der Waals surface area (Å²) >= 11 is 0. The first kappa shape index (κ1) is 26.0. The number of aliphatic hydroxyl groups is 1. The first-order valence-corrected chi connectivity index (χ1v) is 11.6. The molecule has 2 aliphatic carbocycles. The molecule has 0 spiro atoms. The Bertz CT molecular complexity index is 953. The molecule has 0 aromatic heterocycles. The summed E-state index contributed by atoms with van der Waals surface area (Å²) in [6.45, 7) is 1.45. The molecule has 0 aliphatic heterocycles. The number of amides is 1. The standard InChI is InChI=1S/C26H31F3N2O3/c1-25(33,26(27,28)29)22-11-7-21(8-12-22)24(32)31(15-16-34-2)23-13-9-20(10-14-23)19-5-3-18(17-30)4-6-19/h3-5,7-8,11-12,19-20,23,33H,6,9-10,13-16H2,1-2H3/t19?,20?,23?,25-/m0/s1. The van der Waals surface area contributed by atoms with Gasteiger partial charge in [0, 0.05) is 30.8 Å². The summed E-state index contributed by atoms with van der Waals surface area (Å²) in [5, 5.41) is 18.9. The van der Waals surface area contributed by atoms with Gasteiger partial charge < -0.3 is 14.7 Å². The average Bonchev–Trinajstić information content (AvgIpc) is 2.84. The van der Waals surface area contributed by atoms with Crippen LogP contribution in [0.4, 0.5) is 13.2 Å². The van der Waals surface area contributed by atoms with Crippen LogP contribution in [0.1, 0.15) is 54.9 Å². The molecular formula is C26H31F3N2O3. The van der Waals surface area contributed by atoms with Gasteiger partial charge in [0.2, 0.25) is 0 Å². The van der Waals surface area contributed by atoms with Crippen LogP contribution < -0.4 is 0 Å². The van der Waals surface area contributed by atoms with Gasteiger partial charge in [-0.3, -0.25) is 4.79 Å². The fraction of sp³-hybridized carbons (Fsp3) is 0.538. The number of benzene rings is 1. The largest absolute Gasteiger partial charge is 0.421 e. The zero-order valence-electron chi connectivity index (χ0n) is 19.5. The molecule has 1 fully saturated rings. The second-order valence-electron chi connectivity index (χ2n) is 9.24. The summed E-state index contributed by atoms with van der Waals surface area (Å²) in [5.41, 5.74) is -2.32. The summed E-state index contributed by atoms with van der Waals surface area (Å²) in [6.07, 6.45) is 5.60. The van der Waals surface area contributed by atoms with Gasteiger partial charge in [-0.25, -0.2) is 0 Å². The average molecular weight is 477 g/mol. The lowest BCUT2D eigenvalue weighted by Gasteiger charge is -2.39. The van der Waals surface area contributed by atoms with E-state index in [1.54, 1.807) is 12.0 Å². The van der Waals surface area contributed by atoms with Crippen molar-refractivity contribution in [3.63, 3.8) is 0 Å². The smallest absolute Gasteiger partial charge is 0.383 e. The van der Waals surface area contributed by atoms with Crippen molar-refractivity contribution in [2.75, 3.05) is 20.3 Å². The molecular weight excluding hydrogens is 445 g/mol. The van der Waals surface area contributed by atoms with Gasteiger partial charge in [-0.2, -0.15) is 18.4 Å². The molecule has 1 N–H and O–H groups in total. The maximum absolute atomic E-state index is 13.3. The van der Waals surface area contributed by atoms with Gasteiger partial charge in [-0.1, -0.05) is 24.3 Å². The van der Waals surface area contributed by atoms with Crippen molar-refractivity contribution in [1.29, 1.82) is 5.26 Å². The van der Waals surface area contributed by atoms with Crippen LogP contribution >= 0.6 is 0 Å². The van der Waals surface area contributed by atoms with E-state index in [1.165, 1.54) is 12.1 Å². The summed E-state index contributed by atoms with van der Waals surface area (Å²) in [4.78, 5) is 15.1. The topological polar surface area (TPSA) is 73.6 Å². The van der Waals surface area contributed by atoms with Gasteiger partial charge >= 0.3 is 6.18 Å². The Kier molecular flexibility index (Phi) is 8.21. The minimum atomic E-state index is -4.82. The Hall–Kier alpha value is -2.63. The monoisotopic (exact) mass is 476 g/mol. The first-order chi connectivity index (χ1) is 16.1. The highest BCUT2D eigenvalue weighted by Gasteiger charge is 2.51. The van der Waals surface area contributed by atoms with Crippen LogP contribution in [0.3, 0.4) is 0 Å². The SMILES string of the molecule is COCCN(C(=O)c1ccc([C@](C)(O)C(F)(F)F)cc1)C1CCC(C2C=CC(C#N)=CC2)CC1. The highest BCUT2D eigenvalue weighted by atomic mass is 19.4. The quantitative estimate of drug-likeness (QED) is 0.592. The number of hydrogen-bond donors (Lipinski definition) is 1. The molecule has 1 amide bonds. The van der Waals surface area contributed by atoms with Crippen molar-refractivity contribution in [3.8, 4) is 6.07 Å². The number of carbonyl (C=O) groups is 1. The fourth-order valence-corrected chi connectivity index (χ4v) is 4.82. The molecule has 2 atom stereocenters. The van der Waals surface area contributed by atoms with Gasteiger partial charge in [-0.05, 0) is 74.6 Å². The number of halogens is 3. The predicted molar refractivity (Wildman–Crippen MR) is 122 cm³/mol. The van der Waals surface area contributed by atoms with Crippen molar-refractivity contribution < 1.29 is 27.8 Å². The zero-order chi connectivity index (χ0) is 24.9. The highest BCUT2D eigenvalue weighted by molar-refractivity contribution is 5.94. The number of hydrogen-bond acceptors (Lipinski definition) is 4. The molecule has 184 valence electrons. The maximum atomic E-state index is 13.3. The van der Waals surface area contributed by atoms with Gasteiger partial charge in [0.25, 0.3) is 5.91 Å². The molecule has 1 aromatic rings. The first-order valence-electron chi connectivity index (χ1n) is 11.6. The number of rotatable bonds is 7. The number of alkyl halides is 3. The van der Waals surface area contributed by atoms with Crippen LogP contribution in [0.25, 0.3) is 0 Å². The van der Waals surface area contributed by atoms with Crippen LogP contribution in [-0.2, 0) is 10.3 Å². The molecule has 0 radical (unpaired) electrons. The van der Waals surface area contributed by atoms with Crippen LogP contribution in [0.2, 0.25) is 0 Å². The molecule has 1 aromatic carbocycles. The summed E-state index contributed by atoms with van der Waals surface area (Å²) in [5.74, 6) is 0.639. The van der Waals surface area contributed by atoms with Gasteiger partial charge in [0.1, 0.15) is 0 Å². The van der Waals surface area contributed by atoms with E-state index in [-0.39, 0.29) is 23.1 Å². The Labute approximate surface area is 198 Å². The predicted octanol–water partition coefficient (Wildman–Crippen LogP) is 5.13. The number of carbonyl (C=O) groups excluding carboxylic acids is 1. The Morgan fingerprint density at radius 1 is 1.21 bits per heavy atom. The maximum Gasteiger partial charge on any atom is 0.421 e. The second-order valence-corrected chi connectivity index (χ2v) is 9.24. The molecule has 8 heteroatoms. The van der Waals surface area contributed by atoms with Crippen molar-refractivity contribution in [2.45, 2.75) is 56.8 Å². The van der Waals surface area contributed by atoms with Gasteiger partial charge in [0.05, 0.1) is 12.7 Å². The van der Waals surface area contributed by atoms with Crippen LogP contribution in [0.5, 0.6) is 0 Å². The molecule has 1 saturated carbocycles. The second kappa shape index (κ2) is 10.7. The lowest BCUT2D eigenvalue weighted by atomic mass is 9.75. The van der Waals surface area contributed by atoms with Crippen LogP contribution in [0, 0.1) is 23.2 Å². The third-order valence-electron chi connectivity index (χ3n) is 7.09. The van der Waals surface area contributed by atoms with Gasteiger partial charge in [0.15, 0.2) is 5.60 Å². The number of methoxy groups -OCH3 is 1. The van der Waals surface area contributed by atoms with E-state index in [0.29, 0.717) is 37.5 Å². The molecule has 2 aliphatic rings. The summed E-state index contributed by atoms with van der Waals surface area (Å²) in [7, 11) is 1.56. The number of allylic oxidation sites excluding steroid dienone is 4. The Morgan fingerprint density at radius 3 is 2.35 bits per heavy atom. The third-order valence-corrected chi connectivity index (χ3v) is 7.09. The fourth-order valence-electron chi connectivity index (χ4n) is 4.82. The number of nitrogens with zero attached hydrogens (tertiary/aromatic N) is 2. The molecule has 5 nitrogen and oxygen atoms in total. The number of nitriles is 1. The molecule has 1 unspecified atom stereocenters. The Balaban J connectivity index is 1.68. The normalized spacial score (nSPS) is 24.6. The number of ether oxygens (including phenoxy) is 1. The minimum absolute atomic E-state index is 0.0228. The molecule has 0 heterocycles. The van der Waals surface area contributed by atoms with E-state index in [9.17, 15) is 23.1 Å². The van der Waals surface area contributed by atoms with E-state index in [1.807, 2.05) is 12.2 Å². The van der Waals surface area contributed by atoms with E-state index in [2.05, 4.69) is 12.1 Å².